The van der Waals surface area contributed by atoms with Gasteiger partial charge in [-0.2, -0.15) is 0 Å². The maximum Gasteiger partial charge on any atom is 0.159 e. The third kappa shape index (κ3) is 1.52. The van der Waals surface area contributed by atoms with E-state index in [0.717, 1.165) is 24.8 Å². The van der Waals surface area contributed by atoms with E-state index in [1.54, 1.807) is 0 Å². The second-order valence-corrected chi connectivity index (χ2v) is 3.44. The molecule has 1 rings (SSSR count). The standard InChI is InChI=1S/C10H16O/c1-4-8-9(7(2)3)5-6-10(8)11/h7H,4-6H2,1-3H3. The maximum absolute atomic E-state index is 11.3. The van der Waals surface area contributed by atoms with Crippen LogP contribution in [0.3, 0.4) is 0 Å². The first-order valence-corrected chi connectivity index (χ1v) is 4.42. The quantitative estimate of drug-likeness (QED) is 0.594. The van der Waals surface area contributed by atoms with Crippen molar-refractivity contribution in [3.8, 4) is 0 Å². The molecule has 0 aromatic rings. The third-order valence-electron chi connectivity index (χ3n) is 2.40. The van der Waals surface area contributed by atoms with Crippen LogP contribution in [0.2, 0.25) is 0 Å². The molecular formula is C10H16O. The van der Waals surface area contributed by atoms with Crippen LogP contribution in [0.1, 0.15) is 40.0 Å². The molecular weight excluding hydrogens is 136 g/mol. The molecule has 0 heterocycles. The summed E-state index contributed by atoms with van der Waals surface area (Å²) in [7, 11) is 0. The Morgan fingerprint density at radius 3 is 2.36 bits per heavy atom. The van der Waals surface area contributed by atoms with E-state index in [-0.39, 0.29) is 0 Å². The number of allylic oxidation sites excluding steroid dienone is 2. The fraction of sp³-hybridized carbons (Fsp3) is 0.700. The predicted molar refractivity (Wildman–Crippen MR) is 46.4 cm³/mol. The van der Waals surface area contributed by atoms with Gasteiger partial charge < -0.3 is 0 Å². The number of hydrogen-bond acceptors (Lipinski definition) is 1. The maximum atomic E-state index is 11.3. The van der Waals surface area contributed by atoms with Gasteiger partial charge in [-0.25, -0.2) is 0 Å². The highest BCUT2D eigenvalue weighted by molar-refractivity contribution is 5.98. The first kappa shape index (κ1) is 8.51. The van der Waals surface area contributed by atoms with E-state index in [4.69, 9.17) is 0 Å². The van der Waals surface area contributed by atoms with Crippen LogP contribution < -0.4 is 0 Å². The van der Waals surface area contributed by atoms with E-state index in [1.165, 1.54) is 5.57 Å². The Morgan fingerprint density at radius 1 is 1.36 bits per heavy atom. The summed E-state index contributed by atoms with van der Waals surface area (Å²) >= 11 is 0. The van der Waals surface area contributed by atoms with Gasteiger partial charge in [-0.1, -0.05) is 26.3 Å². The third-order valence-corrected chi connectivity index (χ3v) is 2.40. The Bertz CT molecular complexity index is 199. The van der Waals surface area contributed by atoms with E-state index in [9.17, 15) is 4.79 Å². The van der Waals surface area contributed by atoms with E-state index < -0.39 is 0 Å². The van der Waals surface area contributed by atoms with Gasteiger partial charge in [0.2, 0.25) is 0 Å². The molecule has 11 heavy (non-hydrogen) atoms. The number of carbonyl (C=O) groups is 1. The molecule has 0 aromatic carbocycles. The zero-order valence-corrected chi connectivity index (χ0v) is 7.61. The molecule has 0 N–H and O–H groups in total. The van der Waals surface area contributed by atoms with Gasteiger partial charge in [-0.05, 0) is 24.3 Å². The van der Waals surface area contributed by atoms with Crippen molar-refractivity contribution < 1.29 is 4.79 Å². The van der Waals surface area contributed by atoms with Crippen molar-refractivity contribution in [1.82, 2.24) is 0 Å². The number of carbonyl (C=O) groups excluding carboxylic acids is 1. The molecule has 0 unspecified atom stereocenters. The van der Waals surface area contributed by atoms with Crippen LogP contribution in [-0.4, -0.2) is 5.78 Å². The lowest BCUT2D eigenvalue weighted by Gasteiger charge is -2.07. The molecule has 0 fully saturated rings. The molecule has 0 saturated carbocycles. The van der Waals surface area contributed by atoms with Gasteiger partial charge in [0, 0.05) is 6.42 Å². The molecule has 1 aliphatic rings. The van der Waals surface area contributed by atoms with Crippen LogP contribution in [-0.2, 0) is 4.79 Å². The zero-order valence-electron chi connectivity index (χ0n) is 7.61. The average molecular weight is 152 g/mol. The summed E-state index contributed by atoms with van der Waals surface area (Å²) < 4.78 is 0. The van der Waals surface area contributed by atoms with Crippen molar-refractivity contribution in [1.29, 1.82) is 0 Å². The SMILES string of the molecule is CCC1=C(C(C)C)CCC1=O. The summed E-state index contributed by atoms with van der Waals surface area (Å²) in [6.45, 7) is 6.41. The van der Waals surface area contributed by atoms with Crippen LogP contribution in [0.15, 0.2) is 11.1 Å². The van der Waals surface area contributed by atoms with Gasteiger partial charge in [-0.15, -0.1) is 0 Å². The second-order valence-electron chi connectivity index (χ2n) is 3.44. The highest BCUT2D eigenvalue weighted by Gasteiger charge is 2.22. The fourth-order valence-electron chi connectivity index (χ4n) is 1.79. The second kappa shape index (κ2) is 3.21. The smallest absolute Gasteiger partial charge is 0.159 e. The Kier molecular flexibility index (Phi) is 2.48. The van der Waals surface area contributed by atoms with Gasteiger partial charge in [0.25, 0.3) is 0 Å². The summed E-state index contributed by atoms with van der Waals surface area (Å²) in [4.78, 5) is 11.3. The van der Waals surface area contributed by atoms with Crippen LogP contribution >= 0.6 is 0 Å². The summed E-state index contributed by atoms with van der Waals surface area (Å²) in [5.41, 5.74) is 2.51. The minimum Gasteiger partial charge on any atom is -0.295 e. The molecule has 0 saturated heterocycles. The van der Waals surface area contributed by atoms with E-state index >= 15 is 0 Å². The molecule has 0 bridgehead atoms. The lowest BCUT2D eigenvalue weighted by atomic mass is 9.98. The molecule has 0 radical (unpaired) electrons. The van der Waals surface area contributed by atoms with Crippen molar-refractivity contribution in [3.63, 3.8) is 0 Å². The summed E-state index contributed by atoms with van der Waals surface area (Å²) in [5, 5.41) is 0. The Balaban J connectivity index is 2.88. The summed E-state index contributed by atoms with van der Waals surface area (Å²) in [6, 6.07) is 0. The van der Waals surface area contributed by atoms with Gasteiger partial charge in [-0.3, -0.25) is 4.79 Å². The number of hydrogen-bond donors (Lipinski definition) is 0. The first-order chi connectivity index (χ1) is 5.16. The topological polar surface area (TPSA) is 17.1 Å². The first-order valence-electron chi connectivity index (χ1n) is 4.42. The van der Waals surface area contributed by atoms with Crippen LogP contribution in [0, 0.1) is 5.92 Å². The van der Waals surface area contributed by atoms with E-state index in [0.29, 0.717) is 11.7 Å². The molecule has 0 aliphatic heterocycles. The van der Waals surface area contributed by atoms with Crippen LogP contribution in [0.25, 0.3) is 0 Å². The van der Waals surface area contributed by atoms with Crippen molar-refractivity contribution in [3.05, 3.63) is 11.1 Å². The van der Waals surface area contributed by atoms with Crippen LogP contribution in [0.4, 0.5) is 0 Å². The Morgan fingerprint density at radius 2 is 2.00 bits per heavy atom. The zero-order chi connectivity index (χ0) is 8.43. The van der Waals surface area contributed by atoms with Crippen molar-refractivity contribution in [2.75, 3.05) is 0 Å². The fourth-order valence-corrected chi connectivity index (χ4v) is 1.79. The summed E-state index contributed by atoms with van der Waals surface area (Å²) in [6.07, 6.45) is 2.70. The number of rotatable bonds is 2. The molecule has 1 nitrogen and oxygen atoms in total. The number of Topliss-reactive ketones (excluding diaryl/α,β-unsaturated/α-hetero) is 1. The minimum atomic E-state index is 0.385. The van der Waals surface area contributed by atoms with E-state index in [2.05, 4.69) is 20.8 Å². The Hall–Kier alpha value is -0.590. The molecule has 1 heteroatoms. The normalized spacial score (nSPS) is 18.7. The Labute approximate surface area is 68.5 Å². The predicted octanol–water partition coefficient (Wildman–Crippen LogP) is 2.71. The largest absolute Gasteiger partial charge is 0.295 e. The summed E-state index contributed by atoms with van der Waals surface area (Å²) in [5.74, 6) is 0.951. The van der Waals surface area contributed by atoms with Crippen molar-refractivity contribution in [2.45, 2.75) is 40.0 Å². The van der Waals surface area contributed by atoms with Gasteiger partial charge in [0.1, 0.15) is 0 Å². The monoisotopic (exact) mass is 152 g/mol. The van der Waals surface area contributed by atoms with Crippen molar-refractivity contribution in [2.24, 2.45) is 5.92 Å². The van der Waals surface area contributed by atoms with Crippen molar-refractivity contribution >= 4 is 5.78 Å². The van der Waals surface area contributed by atoms with Gasteiger partial charge in [0.05, 0.1) is 0 Å². The molecule has 62 valence electrons. The highest BCUT2D eigenvalue weighted by atomic mass is 16.1. The average Bonchev–Trinajstić information content (AvgIpc) is 2.30. The lowest BCUT2D eigenvalue weighted by Crippen LogP contribution is -1.97. The minimum absolute atomic E-state index is 0.385. The highest BCUT2D eigenvalue weighted by Crippen LogP contribution is 2.30. The molecule has 0 amide bonds. The van der Waals surface area contributed by atoms with E-state index in [1.807, 2.05) is 0 Å². The number of ketones is 1. The van der Waals surface area contributed by atoms with Crippen LogP contribution in [0.5, 0.6) is 0 Å². The van der Waals surface area contributed by atoms with Gasteiger partial charge >= 0.3 is 0 Å². The lowest BCUT2D eigenvalue weighted by molar-refractivity contribution is -0.115. The molecule has 1 aliphatic carbocycles. The molecule has 0 aromatic heterocycles. The molecule has 0 atom stereocenters. The molecule has 0 spiro atoms. The van der Waals surface area contributed by atoms with Gasteiger partial charge in [0.15, 0.2) is 5.78 Å².